The Morgan fingerprint density at radius 3 is 2.39 bits per heavy atom. The van der Waals surface area contributed by atoms with Crippen LogP contribution in [-0.2, 0) is 10.0 Å². The summed E-state index contributed by atoms with van der Waals surface area (Å²) in [6.45, 7) is 10.4. The third kappa shape index (κ3) is 6.07. The number of benzene rings is 2. The monoisotopic (exact) mass is 403 g/mol. The van der Waals surface area contributed by atoms with Gasteiger partial charge in [0.15, 0.2) is 0 Å². The van der Waals surface area contributed by atoms with Crippen molar-refractivity contribution in [2.24, 2.45) is 0 Å². The average Bonchev–Trinajstić information content (AvgIpc) is 2.66. The minimum atomic E-state index is -3.77. The van der Waals surface area contributed by atoms with E-state index in [0.29, 0.717) is 23.8 Å². The van der Waals surface area contributed by atoms with Crippen LogP contribution in [0.5, 0.6) is 0 Å². The molecule has 7 heteroatoms. The van der Waals surface area contributed by atoms with Crippen molar-refractivity contribution in [1.29, 1.82) is 0 Å². The summed E-state index contributed by atoms with van der Waals surface area (Å²) in [5.74, 6) is -0.285. The molecule has 0 bridgehead atoms. The minimum absolute atomic E-state index is 0.0538. The van der Waals surface area contributed by atoms with Crippen LogP contribution < -0.4 is 10.0 Å². The van der Waals surface area contributed by atoms with Gasteiger partial charge in [-0.15, -0.1) is 0 Å². The van der Waals surface area contributed by atoms with E-state index in [4.69, 9.17) is 0 Å². The third-order valence-electron chi connectivity index (χ3n) is 4.53. The molecule has 0 heterocycles. The Morgan fingerprint density at radius 2 is 1.79 bits per heavy atom. The molecule has 0 aliphatic rings. The molecule has 0 aliphatic heterocycles. The molecule has 0 fully saturated rings. The number of anilines is 1. The highest BCUT2D eigenvalue weighted by molar-refractivity contribution is 7.92. The van der Waals surface area contributed by atoms with Crippen LogP contribution >= 0.6 is 0 Å². The molecule has 2 aromatic carbocycles. The van der Waals surface area contributed by atoms with Gasteiger partial charge < -0.3 is 5.32 Å². The number of aryl methyl sites for hydroxylation is 1. The quantitative estimate of drug-likeness (QED) is 0.674. The van der Waals surface area contributed by atoms with Crippen LogP contribution in [0.2, 0.25) is 0 Å². The topological polar surface area (TPSA) is 78.5 Å². The first-order valence-corrected chi connectivity index (χ1v) is 10.9. The van der Waals surface area contributed by atoms with Gasteiger partial charge in [-0.1, -0.05) is 30.7 Å². The van der Waals surface area contributed by atoms with E-state index in [1.165, 1.54) is 12.1 Å². The summed E-state index contributed by atoms with van der Waals surface area (Å²) in [6.07, 6.45) is 0. The molecular weight excluding hydrogens is 374 g/mol. The van der Waals surface area contributed by atoms with Crippen LogP contribution in [0.1, 0.15) is 36.7 Å². The summed E-state index contributed by atoms with van der Waals surface area (Å²) < 4.78 is 27.8. The molecule has 0 aromatic heterocycles. The largest absolute Gasteiger partial charge is 0.351 e. The lowest BCUT2D eigenvalue weighted by Gasteiger charge is -2.24. The second-order valence-corrected chi connectivity index (χ2v) is 8.66. The van der Waals surface area contributed by atoms with Gasteiger partial charge in [0.1, 0.15) is 0 Å². The van der Waals surface area contributed by atoms with Crippen molar-refractivity contribution in [2.75, 3.05) is 24.4 Å². The Labute approximate surface area is 168 Å². The van der Waals surface area contributed by atoms with E-state index in [9.17, 15) is 13.2 Å². The smallest absolute Gasteiger partial charge is 0.261 e. The molecule has 0 saturated heterocycles. The molecule has 28 heavy (non-hydrogen) atoms. The van der Waals surface area contributed by atoms with Crippen LogP contribution in [0, 0.1) is 6.92 Å². The number of carbonyl (C=O) groups is 1. The molecule has 152 valence electrons. The van der Waals surface area contributed by atoms with Crippen molar-refractivity contribution in [3.63, 3.8) is 0 Å². The second kappa shape index (κ2) is 9.71. The van der Waals surface area contributed by atoms with Crippen LogP contribution in [0.4, 0.5) is 5.69 Å². The molecule has 0 unspecified atom stereocenters. The second-order valence-electron chi connectivity index (χ2n) is 6.98. The maximum atomic E-state index is 12.6. The molecule has 2 aromatic rings. The molecule has 1 amide bonds. The van der Waals surface area contributed by atoms with E-state index in [1.807, 2.05) is 19.1 Å². The standard InChI is InChI=1S/C21H29N3O3S/c1-5-24(16(2)3)14-13-22-21(25)18-7-6-8-20(15-18)28(26,27)23-19-11-9-17(4)10-12-19/h6-12,15-16,23H,5,13-14H2,1-4H3,(H,22,25). The van der Waals surface area contributed by atoms with Crippen molar-refractivity contribution in [2.45, 2.75) is 38.6 Å². The zero-order chi connectivity index (χ0) is 20.7. The van der Waals surface area contributed by atoms with Gasteiger partial charge in [-0.2, -0.15) is 0 Å². The normalized spacial score (nSPS) is 11.6. The predicted molar refractivity (Wildman–Crippen MR) is 113 cm³/mol. The molecule has 0 spiro atoms. The number of carbonyl (C=O) groups excluding carboxylic acids is 1. The first kappa shape index (κ1) is 21.9. The van der Waals surface area contributed by atoms with Gasteiger partial charge in [0, 0.05) is 30.4 Å². The third-order valence-corrected chi connectivity index (χ3v) is 5.91. The van der Waals surface area contributed by atoms with Gasteiger partial charge in [-0.3, -0.25) is 14.4 Å². The van der Waals surface area contributed by atoms with Crippen molar-refractivity contribution in [3.8, 4) is 0 Å². The summed E-state index contributed by atoms with van der Waals surface area (Å²) in [7, 11) is -3.77. The van der Waals surface area contributed by atoms with Crippen molar-refractivity contribution in [3.05, 3.63) is 59.7 Å². The fourth-order valence-corrected chi connectivity index (χ4v) is 3.94. The average molecular weight is 404 g/mol. The first-order chi connectivity index (χ1) is 13.2. The Balaban J connectivity index is 2.05. The minimum Gasteiger partial charge on any atom is -0.351 e. The highest BCUT2D eigenvalue weighted by atomic mass is 32.2. The number of sulfonamides is 1. The number of amides is 1. The highest BCUT2D eigenvalue weighted by Gasteiger charge is 2.17. The summed E-state index contributed by atoms with van der Waals surface area (Å²) in [5.41, 5.74) is 1.84. The molecule has 0 radical (unpaired) electrons. The van der Waals surface area contributed by atoms with E-state index >= 15 is 0 Å². The van der Waals surface area contributed by atoms with Crippen LogP contribution in [0.25, 0.3) is 0 Å². The van der Waals surface area contributed by atoms with Gasteiger partial charge in [-0.25, -0.2) is 8.42 Å². The number of nitrogens with one attached hydrogen (secondary N) is 2. The van der Waals surface area contributed by atoms with E-state index in [2.05, 4.69) is 35.7 Å². The number of hydrogen-bond acceptors (Lipinski definition) is 4. The van der Waals surface area contributed by atoms with E-state index in [-0.39, 0.29) is 10.8 Å². The van der Waals surface area contributed by atoms with Gasteiger partial charge >= 0.3 is 0 Å². The van der Waals surface area contributed by atoms with Crippen LogP contribution in [0.3, 0.4) is 0 Å². The Kier molecular flexibility index (Phi) is 7.60. The van der Waals surface area contributed by atoms with Crippen molar-refractivity contribution < 1.29 is 13.2 Å². The van der Waals surface area contributed by atoms with E-state index in [1.54, 1.807) is 24.3 Å². The Morgan fingerprint density at radius 1 is 1.11 bits per heavy atom. The SMILES string of the molecule is CCN(CCNC(=O)c1cccc(S(=O)(=O)Nc2ccc(C)cc2)c1)C(C)C. The molecule has 6 nitrogen and oxygen atoms in total. The summed E-state index contributed by atoms with van der Waals surface area (Å²) in [5, 5.41) is 2.86. The van der Waals surface area contributed by atoms with Gasteiger partial charge in [0.25, 0.3) is 15.9 Å². The fourth-order valence-electron chi connectivity index (χ4n) is 2.84. The van der Waals surface area contributed by atoms with Gasteiger partial charge in [0.05, 0.1) is 4.90 Å². The summed E-state index contributed by atoms with van der Waals surface area (Å²) in [4.78, 5) is 14.7. The molecule has 0 aliphatic carbocycles. The number of likely N-dealkylation sites (N-methyl/N-ethyl adjacent to an activating group) is 1. The van der Waals surface area contributed by atoms with Crippen LogP contribution in [-0.4, -0.2) is 44.9 Å². The molecule has 0 saturated carbocycles. The van der Waals surface area contributed by atoms with E-state index < -0.39 is 10.0 Å². The Hall–Kier alpha value is -2.38. The molecule has 0 atom stereocenters. The van der Waals surface area contributed by atoms with Gasteiger partial charge in [0.2, 0.25) is 0 Å². The fraction of sp³-hybridized carbons (Fsp3) is 0.381. The number of hydrogen-bond donors (Lipinski definition) is 2. The summed E-state index contributed by atoms with van der Waals surface area (Å²) in [6, 6.07) is 13.5. The lowest BCUT2D eigenvalue weighted by Crippen LogP contribution is -2.38. The molecular formula is C21H29N3O3S. The zero-order valence-corrected chi connectivity index (χ0v) is 17.7. The van der Waals surface area contributed by atoms with Crippen LogP contribution in [0.15, 0.2) is 53.4 Å². The predicted octanol–water partition coefficient (Wildman–Crippen LogP) is 3.26. The molecule has 2 N–H and O–H groups in total. The maximum absolute atomic E-state index is 12.6. The number of nitrogens with zero attached hydrogens (tertiary/aromatic N) is 1. The highest BCUT2D eigenvalue weighted by Crippen LogP contribution is 2.17. The molecule has 2 rings (SSSR count). The lowest BCUT2D eigenvalue weighted by atomic mass is 10.2. The lowest BCUT2D eigenvalue weighted by molar-refractivity contribution is 0.0945. The Bertz CT molecular complexity index is 893. The zero-order valence-electron chi connectivity index (χ0n) is 16.9. The number of rotatable bonds is 9. The van der Waals surface area contributed by atoms with E-state index in [0.717, 1.165) is 18.7 Å². The van der Waals surface area contributed by atoms with Crippen molar-refractivity contribution in [1.82, 2.24) is 10.2 Å². The first-order valence-electron chi connectivity index (χ1n) is 9.44. The summed E-state index contributed by atoms with van der Waals surface area (Å²) >= 11 is 0. The maximum Gasteiger partial charge on any atom is 0.261 e. The van der Waals surface area contributed by atoms with Gasteiger partial charge in [-0.05, 0) is 57.6 Å². The van der Waals surface area contributed by atoms with Crippen molar-refractivity contribution >= 4 is 21.6 Å².